The molecule has 1 aliphatic heterocycles. The molecule has 0 aliphatic carbocycles. The van der Waals surface area contributed by atoms with Crippen molar-refractivity contribution in [1.82, 2.24) is 10.2 Å². The molecular weight excluding hydrogens is 306 g/mol. The summed E-state index contributed by atoms with van der Waals surface area (Å²) in [5.74, 6) is -0.265. The van der Waals surface area contributed by atoms with Crippen molar-refractivity contribution in [1.29, 1.82) is 0 Å². The molecule has 1 aliphatic rings. The number of hydrogen-bond acceptors (Lipinski definition) is 4. The fraction of sp³-hybridized carbons (Fsp3) is 0.278. The van der Waals surface area contributed by atoms with Gasteiger partial charge in [0.1, 0.15) is 0 Å². The van der Waals surface area contributed by atoms with Gasteiger partial charge in [-0.2, -0.15) is 0 Å². The third-order valence-electron chi connectivity index (χ3n) is 4.51. The summed E-state index contributed by atoms with van der Waals surface area (Å²) in [4.78, 5) is 13.6. The third kappa shape index (κ3) is 2.61. The van der Waals surface area contributed by atoms with Crippen LogP contribution in [0.5, 0.6) is 0 Å². The van der Waals surface area contributed by atoms with Crippen LogP contribution in [0, 0.1) is 0 Å². The molecule has 0 spiro atoms. The van der Waals surface area contributed by atoms with E-state index in [1.54, 1.807) is 0 Å². The number of carbonyl (C=O) groups is 1. The maximum atomic E-state index is 11.4. The fourth-order valence-electron chi connectivity index (χ4n) is 3.52. The minimum atomic E-state index is -0.265. The Kier molecular flexibility index (Phi) is 3.77. The van der Waals surface area contributed by atoms with Crippen LogP contribution in [-0.2, 0) is 4.79 Å². The van der Waals surface area contributed by atoms with Crippen LogP contribution in [0.15, 0.2) is 42.5 Å². The van der Waals surface area contributed by atoms with E-state index < -0.39 is 0 Å². The van der Waals surface area contributed by atoms with Gasteiger partial charge >= 0.3 is 0 Å². The van der Waals surface area contributed by atoms with Crippen LogP contribution >= 0.6 is 11.3 Å². The van der Waals surface area contributed by atoms with Crippen molar-refractivity contribution < 1.29 is 4.79 Å². The summed E-state index contributed by atoms with van der Waals surface area (Å²) < 4.78 is 2.61. The Labute approximate surface area is 138 Å². The zero-order valence-corrected chi connectivity index (χ0v) is 13.6. The summed E-state index contributed by atoms with van der Waals surface area (Å²) in [5, 5.41) is 6.07. The molecular formula is C18H19N3OS. The molecule has 2 heterocycles. The van der Waals surface area contributed by atoms with Gasteiger partial charge in [-0.1, -0.05) is 30.3 Å². The van der Waals surface area contributed by atoms with Crippen molar-refractivity contribution in [2.24, 2.45) is 5.73 Å². The molecule has 4 nitrogen and oxygen atoms in total. The van der Waals surface area contributed by atoms with E-state index in [1.807, 2.05) is 11.3 Å². The maximum Gasteiger partial charge on any atom is 0.231 e. The number of nitrogens with zero attached hydrogens (tertiary/aromatic N) is 1. The molecule has 0 bridgehead atoms. The quantitative estimate of drug-likeness (QED) is 0.778. The minimum absolute atomic E-state index is 0.179. The van der Waals surface area contributed by atoms with E-state index in [1.165, 1.54) is 25.7 Å². The zero-order chi connectivity index (χ0) is 15.8. The van der Waals surface area contributed by atoms with Gasteiger partial charge < -0.3 is 11.1 Å². The predicted octanol–water partition coefficient (Wildman–Crippen LogP) is 2.49. The molecule has 1 saturated heterocycles. The molecule has 1 fully saturated rings. The molecule has 1 aromatic heterocycles. The van der Waals surface area contributed by atoms with Crippen molar-refractivity contribution in [3.05, 3.63) is 48.0 Å². The number of rotatable bonds is 3. The second kappa shape index (κ2) is 5.92. The molecule has 0 saturated carbocycles. The van der Waals surface area contributed by atoms with Crippen LogP contribution in [0.2, 0.25) is 0 Å². The average molecular weight is 325 g/mol. The van der Waals surface area contributed by atoms with Crippen molar-refractivity contribution in [2.75, 3.05) is 26.2 Å². The maximum absolute atomic E-state index is 11.4. The largest absolute Gasteiger partial charge is 0.369 e. The lowest BCUT2D eigenvalue weighted by Gasteiger charge is -2.36. The lowest BCUT2D eigenvalue weighted by Crippen LogP contribution is -2.48. The Morgan fingerprint density at radius 3 is 2.91 bits per heavy atom. The molecule has 5 heteroatoms. The molecule has 118 valence electrons. The van der Waals surface area contributed by atoms with Crippen molar-refractivity contribution in [3.63, 3.8) is 0 Å². The number of carbonyl (C=O) groups excluding carboxylic acids is 1. The summed E-state index contributed by atoms with van der Waals surface area (Å²) in [6, 6.07) is 15.2. The van der Waals surface area contributed by atoms with E-state index in [4.69, 9.17) is 5.73 Å². The van der Waals surface area contributed by atoms with Gasteiger partial charge in [0, 0.05) is 45.8 Å². The number of primary amides is 1. The normalized spacial score (nSPS) is 19.4. The first kappa shape index (κ1) is 14.6. The molecule has 1 atom stereocenters. The zero-order valence-electron chi connectivity index (χ0n) is 12.8. The molecule has 2 aromatic carbocycles. The average Bonchev–Trinajstić information content (AvgIpc) is 2.93. The van der Waals surface area contributed by atoms with Crippen LogP contribution in [0.1, 0.15) is 11.6 Å². The van der Waals surface area contributed by atoms with Gasteiger partial charge in [0.25, 0.3) is 0 Å². The van der Waals surface area contributed by atoms with E-state index in [0.717, 1.165) is 19.6 Å². The molecule has 0 radical (unpaired) electrons. The van der Waals surface area contributed by atoms with Crippen molar-refractivity contribution in [3.8, 4) is 0 Å². The number of thiophene rings is 1. The minimum Gasteiger partial charge on any atom is -0.369 e. The first-order chi connectivity index (χ1) is 11.2. The second-order valence-corrected chi connectivity index (χ2v) is 7.06. The van der Waals surface area contributed by atoms with E-state index in [2.05, 4.69) is 52.7 Å². The number of benzene rings is 2. The number of amides is 1. The van der Waals surface area contributed by atoms with Crippen LogP contribution in [0.3, 0.4) is 0 Å². The molecule has 4 rings (SSSR count). The summed E-state index contributed by atoms with van der Waals surface area (Å²) in [6.07, 6.45) is 0. The van der Waals surface area contributed by atoms with Gasteiger partial charge in [-0.05, 0) is 17.7 Å². The highest BCUT2D eigenvalue weighted by Crippen LogP contribution is 2.39. The van der Waals surface area contributed by atoms with E-state index >= 15 is 0 Å². The van der Waals surface area contributed by atoms with Crippen LogP contribution in [0.4, 0.5) is 0 Å². The summed E-state index contributed by atoms with van der Waals surface area (Å²) >= 11 is 1.82. The Morgan fingerprint density at radius 2 is 2.04 bits per heavy atom. The molecule has 1 unspecified atom stereocenters. The van der Waals surface area contributed by atoms with Gasteiger partial charge in [-0.15, -0.1) is 11.3 Å². The summed E-state index contributed by atoms with van der Waals surface area (Å²) in [7, 11) is 0. The number of nitrogens with one attached hydrogen (secondary N) is 1. The molecule has 3 N–H and O–H groups in total. The highest BCUT2D eigenvalue weighted by molar-refractivity contribution is 7.25. The van der Waals surface area contributed by atoms with Crippen LogP contribution < -0.4 is 11.1 Å². The standard InChI is InChI=1S/C18H19N3OS/c19-17(22)11-21-9-8-20-10-14(21)12-5-3-7-16-18(12)13-4-1-2-6-15(13)23-16/h1-7,14,20H,8-11H2,(H2,19,22). The third-order valence-corrected chi connectivity index (χ3v) is 5.64. The summed E-state index contributed by atoms with van der Waals surface area (Å²) in [6.45, 7) is 2.89. The summed E-state index contributed by atoms with van der Waals surface area (Å²) in [5.41, 5.74) is 6.73. The first-order valence-corrected chi connectivity index (χ1v) is 8.69. The van der Waals surface area contributed by atoms with Gasteiger partial charge in [0.15, 0.2) is 0 Å². The van der Waals surface area contributed by atoms with Crippen molar-refractivity contribution >= 4 is 37.4 Å². The highest BCUT2D eigenvalue weighted by Gasteiger charge is 2.27. The Balaban J connectivity index is 1.88. The van der Waals surface area contributed by atoms with E-state index in [0.29, 0.717) is 6.54 Å². The Hall–Kier alpha value is -1.95. The number of hydrogen-bond donors (Lipinski definition) is 2. The lowest BCUT2D eigenvalue weighted by atomic mass is 9.97. The molecule has 3 aromatic rings. The smallest absolute Gasteiger partial charge is 0.231 e. The SMILES string of the molecule is NC(=O)CN1CCNCC1c1cccc2sc3ccccc3c12. The van der Waals surface area contributed by atoms with Crippen LogP contribution in [-0.4, -0.2) is 37.0 Å². The van der Waals surface area contributed by atoms with Crippen LogP contribution in [0.25, 0.3) is 20.2 Å². The van der Waals surface area contributed by atoms with Gasteiger partial charge in [0.05, 0.1) is 6.54 Å². The fourth-order valence-corrected chi connectivity index (χ4v) is 4.66. The topological polar surface area (TPSA) is 58.4 Å². The van der Waals surface area contributed by atoms with E-state index in [-0.39, 0.29) is 11.9 Å². The molecule has 1 amide bonds. The number of piperazine rings is 1. The number of fused-ring (bicyclic) bond motifs is 3. The van der Waals surface area contributed by atoms with Gasteiger partial charge in [0.2, 0.25) is 5.91 Å². The Morgan fingerprint density at radius 1 is 1.22 bits per heavy atom. The predicted molar refractivity (Wildman–Crippen MR) is 95.7 cm³/mol. The van der Waals surface area contributed by atoms with E-state index in [9.17, 15) is 4.79 Å². The monoisotopic (exact) mass is 325 g/mol. The van der Waals surface area contributed by atoms with Crippen molar-refractivity contribution in [2.45, 2.75) is 6.04 Å². The second-order valence-electron chi connectivity index (χ2n) is 5.98. The lowest BCUT2D eigenvalue weighted by molar-refractivity contribution is -0.119. The number of nitrogens with two attached hydrogens (primary N) is 1. The molecule has 23 heavy (non-hydrogen) atoms. The van der Waals surface area contributed by atoms with Gasteiger partial charge in [-0.3, -0.25) is 9.69 Å². The Bertz CT molecular complexity index is 873. The highest BCUT2D eigenvalue weighted by atomic mass is 32.1. The van der Waals surface area contributed by atoms with Gasteiger partial charge in [-0.25, -0.2) is 0 Å². The first-order valence-electron chi connectivity index (χ1n) is 7.87.